The number of ether oxygens (including phenoxy) is 1. The van der Waals surface area contributed by atoms with Crippen molar-refractivity contribution in [1.29, 1.82) is 0 Å². The van der Waals surface area contributed by atoms with Gasteiger partial charge in [0.15, 0.2) is 0 Å². The van der Waals surface area contributed by atoms with Gasteiger partial charge in [0.1, 0.15) is 10.6 Å². The Morgan fingerprint density at radius 3 is 2.59 bits per heavy atom. The molecule has 2 aromatic carbocycles. The fourth-order valence-electron chi connectivity index (χ4n) is 4.42. The zero-order valence-corrected chi connectivity index (χ0v) is 20.4. The minimum Gasteiger partial charge on any atom is -0.495 e. The molecule has 1 fully saturated rings. The van der Waals surface area contributed by atoms with Crippen molar-refractivity contribution < 1.29 is 17.9 Å². The summed E-state index contributed by atoms with van der Waals surface area (Å²) in [5.74, 6) is 0.0673. The van der Waals surface area contributed by atoms with Gasteiger partial charge in [-0.15, -0.1) is 11.8 Å². The summed E-state index contributed by atoms with van der Waals surface area (Å²) in [5.41, 5.74) is 1.22. The SMILES string of the molecule is COc1ccc(C(=O)N2CCC(C)Sc3ccccc32)cc1S(=O)(=O)N1CCCCC1C. The van der Waals surface area contributed by atoms with Crippen LogP contribution < -0.4 is 9.64 Å². The minimum absolute atomic E-state index is 0.0606. The molecule has 1 saturated heterocycles. The number of fused-ring (bicyclic) bond motifs is 1. The molecule has 0 aliphatic carbocycles. The fraction of sp³-hybridized carbons (Fsp3) is 0.458. The van der Waals surface area contributed by atoms with E-state index in [2.05, 4.69) is 6.92 Å². The van der Waals surface area contributed by atoms with Gasteiger partial charge in [0.2, 0.25) is 10.0 Å². The number of nitrogens with zero attached hydrogens (tertiary/aromatic N) is 2. The van der Waals surface area contributed by atoms with Crippen molar-refractivity contribution in [3.05, 3.63) is 48.0 Å². The van der Waals surface area contributed by atoms with Crippen LogP contribution in [0.15, 0.2) is 52.3 Å². The van der Waals surface area contributed by atoms with Gasteiger partial charge in [-0.25, -0.2) is 8.42 Å². The standard InChI is InChI=1S/C24H30N2O4S2/c1-17-8-6-7-14-26(17)32(28,29)23-16-19(11-12-21(23)30-3)24(27)25-15-13-18(2)31-22-10-5-4-9-20(22)25/h4-5,9-12,16-18H,6-8,13-15H2,1-3H3. The molecule has 2 aliphatic heterocycles. The lowest BCUT2D eigenvalue weighted by atomic mass is 10.1. The molecule has 4 rings (SSSR count). The Labute approximate surface area is 195 Å². The Kier molecular flexibility index (Phi) is 6.83. The van der Waals surface area contributed by atoms with Crippen molar-refractivity contribution >= 4 is 33.4 Å². The quantitative estimate of drug-likeness (QED) is 0.637. The van der Waals surface area contributed by atoms with E-state index in [0.717, 1.165) is 36.3 Å². The number of benzene rings is 2. The molecule has 0 aromatic heterocycles. The molecule has 2 unspecified atom stereocenters. The van der Waals surface area contributed by atoms with E-state index >= 15 is 0 Å². The van der Waals surface area contributed by atoms with E-state index in [1.54, 1.807) is 33.1 Å². The second-order valence-corrected chi connectivity index (χ2v) is 11.8. The van der Waals surface area contributed by atoms with E-state index in [1.807, 2.05) is 31.2 Å². The molecular weight excluding hydrogens is 444 g/mol. The Morgan fingerprint density at radius 1 is 1.06 bits per heavy atom. The van der Waals surface area contributed by atoms with E-state index in [-0.39, 0.29) is 22.6 Å². The number of anilines is 1. The third-order valence-corrected chi connectivity index (χ3v) is 9.50. The summed E-state index contributed by atoms with van der Waals surface area (Å²) in [5, 5.41) is 0.390. The highest BCUT2D eigenvalue weighted by atomic mass is 32.2. The van der Waals surface area contributed by atoms with Gasteiger partial charge in [-0.05, 0) is 56.5 Å². The summed E-state index contributed by atoms with van der Waals surface area (Å²) in [6.07, 6.45) is 3.55. The summed E-state index contributed by atoms with van der Waals surface area (Å²) >= 11 is 1.77. The lowest BCUT2D eigenvalue weighted by Crippen LogP contribution is -2.42. The molecule has 0 N–H and O–H groups in total. The average molecular weight is 475 g/mol. The summed E-state index contributed by atoms with van der Waals surface area (Å²) in [4.78, 5) is 16.5. The first-order valence-corrected chi connectivity index (χ1v) is 13.4. The van der Waals surface area contributed by atoms with Crippen molar-refractivity contribution in [1.82, 2.24) is 4.31 Å². The molecule has 6 nitrogen and oxygen atoms in total. The monoisotopic (exact) mass is 474 g/mol. The van der Waals surface area contributed by atoms with E-state index in [4.69, 9.17) is 4.74 Å². The molecule has 1 amide bonds. The van der Waals surface area contributed by atoms with Gasteiger partial charge < -0.3 is 9.64 Å². The molecule has 2 heterocycles. The second kappa shape index (κ2) is 9.45. The van der Waals surface area contributed by atoms with E-state index in [9.17, 15) is 13.2 Å². The smallest absolute Gasteiger partial charge is 0.258 e. The lowest BCUT2D eigenvalue weighted by molar-refractivity contribution is 0.0986. The minimum atomic E-state index is -3.78. The van der Waals surface area contributed by atoms with Gasteiger partial charge in [-0.1, -0.05) is 25.5 Å². The number of piperidine rings is 1. The number of hydrogen-bond acceptors (Lipinski definition) is 5. The van der Waals surface area contributed by atoms with Gasteiger partial charge in [0, 0.05) is 34.8 Å². The highest BCUT2D eigenvalue weighted by Gasteiger charge is 2.34. The van der Waals surface area contributed by atoms with Crippen LogP contribution in [-0.4, -0.2) is 50.1 Å². The summed E-state index contributed by atoms with van der Waals surface area (Å²) in [6, 6.07) is 12.6. The highest BCUT2D eigenvalue weighted by molar-refractivity contribution is 8.00. The molecule has 0 bridgehead atoms. The van der Waals surface area contributed by atoms with Gasteiger partial charge in [-0.3, -0.25) is 4.79 Å². The van der Waals surface area contributed by atoms with Crippen molar-refractivity contribution in [2.24, 2.45) is 0 Å². The maximum Gasteiger partial charge on any atom is 0.258 e. The predicted molar refractivity (Wildman–Crippen MR) is 128 cm³/mol. The zero-order valence-electron chi connectivity index (χ0n) is 18.8. The number of hydrogen-bond donors (Lipinski definition) is 0. The van der Waals surface area contributed by atoms with Crippen molar-refractivity contribution in [3.8, 4) is 5.75 Å². The summed E-state index contributed by atoms with van der Waals surface area (Å²) in [7, 11) is -2.33. The number of methoxy groups -OCH3 is 1. The zero-order chi connectivity index (χ0) is 22.9. The number of carbonyl (C=O) groups is 1. The van der Waals surface area contributed by atoms with Crippen LogP contribution in [0.2, 0.25) is 0 Å². The molecule has 8 heteroatoms. The van der Waals surface area contributed by atoms with Crippen molar-refractivity contribution in [3.63, 3.8) is 0 Å². The number of thioether (sulfide) groups is 1. The van der Waals surface area contributed by atoms with Crippen LogP contribution in [0.1, 0.15) is 49.9 Å². The molecule has 32 heavy (non-hydrogen) atoms. The maximum absolute atomic E-state index is 13.6. The Morgan fingerprint density at radius 2 is 1.84 bits per heavy atom. The third kappa shape index (κ3) is 4.40. The molecule has 2 aliphatic rings. The fourth-order valence-corrected chi connectivity index (χ4v) is 7.42. The van der Waals surface area contributed by atoms with Gasteiger partial charge in [0.05, 0.1) is 12.8 Å². The number of para-hydroxylation sites is 1. The summed E-state index contributed by atoms with van der Waals surface area (Å²) < 4.78 is 34.0. The molecule has 172 valence electrons. The number of sulfonamides is 1. The van der Waals surface area contributed by atoms with E-state index < -0.39 is 10.0 Å². The molecule has 0 saturated carbocycles. The normalized spacial score (nSPS) is 22.2. The Balaban J connectivity index is 1.73. The molecular formula is C24H30N2O4S2. The van der Waals surface area contributed by atoms with Crippen LogP contribution in [0.5, 0.6) is 5.75 Å². The Bertz CT molecular complexity index is 1100. The van der Waals surface area contributed by atoms with Crippen molar-refractivity contribution in [2.45, 2.75) is 60.6 Å². The Hall–Kier alpha value is -2.03. The lowest BCUT2D eigenvalue weighted by Gasteiger charge is -2.32. The summed E-state index contributed by atoms with van der Waals surface area (Å²) in [6.45, 7) is 5.17. The van der Waals surface area contributed by atoms with Crippen LogP contribution in [0.4, 0.5) is 5.69 Å². The van der Waals surface area contributed by atoms with Crippen molar-refractivity contribution in [2.75, 3.05) is 25.1 Å². The number of amides is 1. The average Bonchev–Trinajstić information content (AvgIpc) is 2.96. The number of carbonyl (C=O) groups excluding carboxylic acids is 1. The topological polar surface area (TPSA) is 66.9 Å². The first-order valence-electron chi connectivity index (χ1n) is 11.1. The second-order valence-electron chi connectivity index (χ2n) is 8.47. The van der Waals surface area contributed by atoms with E-state index in [1.165, 1.54) is 13.2 Å². The van der Waals surface area contributed by atoms with Crippen LogP contribution in [-0.2, 0) is 10.0 Å². The largest absolute Gasteiger partial charge is 0.495 e. The molecule has 0 spiro atoms. The van der Waals surface area contributed by atoms with Gasteiger partial charge in [0.25, 0.3) is 5.91 Å². The maximum atomic E-state index is 13.6. The van der Waals surface area contributed by atoms with Crippen LogP contribution >= 0.6 is 11.8 Å². The first-order chi connectivity index (χ1) is 15.3. The van der Waals surface area contributed by atoms with E-state index in [0.29, 0.717) is 23.9 Å². The molecule has 2 aromatic rings. The molecule has 2 atom stereocenters. The predicted octanol–water partition coefficient (Wildman–Crippen LogP) is 4.79. The van der Waals surface area contributed by atoms with Gasteiger partial charge >= 0.3 is 0 Å². The third-order valence-electron chi connectivity index (χ3n) is 6.23. The molecule has 0 radical (unpaired) electrons. The number of rotatable bonds is 4. The van der Waals surface area contributed by atoms with Crippen LogP contribution in [0, 0.1) is 0 Å². The highest BCUT2D eigenvalue weighted by Crippen LogP contribution is 2.38. The van der Waals surface area contributed by atoms with Gasteiger partial charge in [-0.2, -0.15) is 4.31 Å². The first kappa shape index (κ1) is 23.1. The van der Waals surface area contributed by atoms with Crippen LogP contribution in [0.3, 0.4) is 0 Å². The van der Waals surface area contributed by atoms with Crippen LogP contribution in [0.25, 0.3) is 0 Å².